The molecular weight excluding hydrogens is 281 g/mol. The highest BCUT2D eigenvalue weighted by Crippen LogP contribution is 2.60. The van der Waals surface area contributed by atoms with Crippen molar-refractivity contribution in [3.05, 3.63) is 42.0 Å². The first-order valence-electron chi connectivity index (χ1n) is 6.56. The zero-order valence-electron chi connectivity index (χ0n) is 11.4. The van der Waals surface area contributed by atoms with Crippen LogP contribution in [0, 0.1) is 0 Å². The van der Waals surface area contributed by atoms with E-state index >= 15 is 0 Å². The average molecular weight is 296 g/mol. The molecule has 0 aliphatic heterocycles. The molecule has 4 nitrogen and oxygen atoms in total. The number of hydrogen-bond acceptors (Lipinski definition) is 3. The summed E-state index contributed by atoms with van der Waals surface area (Å²) in [5, 5.41) is 7.34. The number of aromatic nitrogens is 3. The highest BCUT2D eigenvalue weighted by molar-refractivity contribution is 5.46. The standard InChI is InChI=1S/C14H15F3N4/c1-21-8-19-20-12(21)11(15)13(6-14(16,17)7-13)9-3-2-4-10(18)5-9/h2-5,8,11H,6-7,18H2,1H3. The zero-order chi connectivity index (χ0) is 15.3. The number of nitrogen functional groups attached to an aromatic ring is 1. The van der Waals surface area contributed by atoms with Crippen molar-refractivity contribution in [1.82, 2.24) is 14.8 Å². The first kappa shape index (κ1) is 13.9. The van der Waals surface area contributed by atoms with E-state index < -0.39 is 30.4 Å². The van der Waals surface area contributed by atoms with E-state index in [1.54, 1.807) is 31.3 Å². The number of alkyl halides is 3. The van der Waals surface area contributed by atoms with Gasteiger partial charge in [-0.1, -0.05) is 12.1 Å². The zero-order valence-corrected chi connectivity index (χ0v) is 11.4. The van der Waals surface area contributed by atoms with E-state index in [0.29, 0.717) is 11.3 Å². The molecule has 1 saturated carbocycles. The van der Waals surface area contributed by atoms with Crippen LogP contribution >= 0.6 is 0 Å². The van der Waals surface area contributed by atoms with Gasteiger partial charge >= 0.3 is 0 Å². The maximum absolute atomic E-state index is 15.0. The number of nitrogens with zero attached hydrogens (tertiary/aromatic N) is 3. The van der Waals surface area contributed by atoms with Crippen LogP contribution in [0.2, 0.25) is 0 Å². The lowest BCUT2D eigenvalue weighted by Crippen LogP contribution is -2.52. The maximum Gasteiger partial charge on any atom is 0.250 e. The number of rotatable bonds is 3. The Bertz CT molecular complexity index is 660. The molecule has 0 radical (unpaired) electrons. The Kier molecular flexibility index (Phi) is 2.96. The van der Waals surface area contributed by atoms with Gasteiger partial charge in [0.15, 0.2) is 12.0 Å². The summed E-state index contributed by atoms with van der Waals surface area (Å²) in [6, 6.07) is 6.47. The SMILES string of the molecule is Cn1cnnc1C(F)C1(c2cccc(N)c2)CC(F)(F)C1. The van der Waals surface area contributed by atoms with E-state index in [4.69, 9.17) is 5.73 Å². The van der Waals surface area contributed by atoms with Gasteiger partial charge in [-0.15, -0.1) is 10.2 Å². The maximum atomic E-state index is 15.0. The summed E-state index contributed by atoms with van der Waals surface area (Å²) in [5.74, 6) is -2.82. The number of hydrogen-bond donors (Lipinski definition) is 1. The first-order valence-corrected chi connectivity index (χ1v) is 6.56. The van der Waals surface area contributed by atoms with Gasteiger partial charge in [-0.2, -0.15) is 0 Å². The Morgan fingerprint density at radius 1 is 1.33 bits per heavy atom. The van der Waals surface area contributed by atoms with Crippen molar-refractivity contribution >= 4 is 5.69 Å². The predicted molar refractivity (Wildman–Crippen MR) is 71.6 cm³/mol. The minimum Gasteiger partial charge on any atom is -0.399 e. The topological polar surface area (TPSA) is 56.7 Å². The minimum atomic E-state index is -2.87. The van der Waals surface area contributed by atoms with Gasteiger partial charge in [0.25, 0.3) is 0 Å². The van der Waals surface area contributed by atoms with Gasteiger partial charge in [-0.05, 0) is 17.7 Å². The van der Waals surface area contributed by atoms with E-state index in [1.165, 1.54) is 10.9 Å². The number of halogens is 3. The molecule has 1 aromatic carbocycles. The van der Waals surface area contributed by atoms with Crippen molar-refractivity contribution in [3.63, 3.8) is 0 Å². The fraction of sp³-hybridized carbons (Fsp3) is 0.429. The molecule has 1 aromatic heterocycles. The van der Waals surface area contributed by atoms with Crippen molar-refractivity contribution in [2.45, 2.75) is 30.4 Å². The molecule has 0 spiro atoms. The molecule has 2 N–H and O–H groups in total. The third kappa shape index (κ3) is 2.16. The smallest absolute Gasteiger partial charge is 0.250 e. The average Bonchev–Trinajstić information content (AvgIpc) is 2.80. The molecule has 21 heavy (non-hydrogen) atoms. The summed E-state index contributed by atoms with van der Waals surface area (Å²) in [7, 11) is 1.59. The van der Waals surface area contributed by atoms with Crippen LogP contribution in [0.3, 0.4) is 0 Å². The molecule has 7 heteroatoms. The minimum absolute atomic E-state index is 0.0490. The summed E-state index contributed by atoms with van der Waals surface area (Å²) in [4.78, 5) is 0. The molecule has 2 aromatic rings. The lowest BCUT2D eigenvalue weighted by atomic mass is 9.59. The lowest BCUT2D eigenvalue weighted by molar-refractivity contribution is -0.151. The molecule has 1 heterocycles. The number of anilines is 1. The van der Waals surface area contributed by atoms with E-state index in [9.17, 15) is 13.2 Å². The molecule has 1 aliphatic carbocycles. The molecule has 0 bridgehead atoms. The Hall–Kier alpha value is -2.05. The van der Waals surface area contributed by atoms with E-state index in [1.807, 2.05) is 0 Å². The van der Waals surface area contributed by atoms with Crippen molar-refractivity contribution in [2.24, 2.45) is 7.05 Å². The monoisotopic (exact) mass is 296 g/mol. The summed E-state index contributed by atoms with van der Waals surface area (Å²) in [5.41, 5.74) is 5.30. The number of nitrogens with two attached hydrogens (primary N) is 1. The third-order valence-corrected chi connectivity index (χ3v) is 4.07. The predicted octanol–water partition coefficient (Wildman–Crippen LogP) is 2.78. The Balaban J connectivity index is 2.05. The van der Waals surface area contributed by atoms with E-state index in [-0.39, 0.29) is 5.82 Å². The van der Waals surface area contributed by atoms with Gasteiger partial charge in [0, 0.05) is 31.0 Å². The molecule has 0 amide bonds. The van der Waals surface area contributed by atoms with Crippen molar-refractivity contribution in [3.8, 4) is 0 Å². The van der Waals surface area contributed by atoms with Gasteiger partial charge in [0.2, 0.25) is 5.92 Å². The second-order valence-electron chi connectivity index (χ2n) is 5.65. The summed E-state index contributed by atoms with van der Waals surface area (Å²) in [6.45, 7) is 0. The molecule has 1 aliphatic rings. The summed E-state index contributed by atoms with van der Waals surface area (Å²) in [6.07, 6.45) is -1.42. The number of aryl methyl sites for hydroxylation is 1. The second-order valence-corrected chi connectivity index (χ2v) is 5.65. The molecule has 1 atom stereocenters. The van der Waals surface area contributed by atoms with Crippen molar-refractivity contribution in [1.29, 1.82) is 0 Å². The lowest BCUT2D eigenvalue weighted by Gasteiger charge is -2.49. The van der Waals surface area contributed by atoms with E-state index in [2.05, 4.69) is 10.2 Å². The van der Waals surface area contributed by atoms with Gasteiger partial charge in [-0.25, -0.2) is 13.2 Å². The van der Waals surface area contributed by atoms with Crippen LogP contribution in [0.4, 0.5) is 18.9 Å². The Labute approximate surface area is 119 Å². The molecule has 3 rings (SSSR count). The van der Waals surface area contributed by atoms with Crippen LogP contribution in [0.5, 0.6) is 0 Å². The van der Waals surface area contributed by atoms with Gasteiger partial charge in [0.05, 0.1) is 0 Å². The van der Waals surface area contributed by atoms with Crippen molar-refractivity contribution < 1.29 is 13.2 Å². The summed E-state index contributed by atoms with van der Waals surface area (Å²) >= 11 is 0. The largest absolute Gasteiger partial charge is 0.399 e. The van der Waals surface area contributed by atoms with Gasteiger partial charge < -0.3 is 10.3 Å². The van der Waals surface area contributed by atoms with E-state index in [0.717, 1.165) is 0 Å². The molecule has 1 fully saturated rings. The van der Waals surface area contributed by atoms with Crippen LogP contribution in [0.1, 0.15) is 30.4 Å². The van der Waals surface area contributed by atoms with Crippen LogP contribution in [0.15, 0.2) is 30.6 Å². The summed E-state index contributed by atoms with van der Waals surface area (Å²) < 4.78 is 43.4. The Morgan fingerprint density at radius 3 is 2.57 bits per heavy atom. The van der Waals surface area contributed by atoms with Crippen molar-refractivity contribution in [2.75, 3.05) is 5.73 Å². The number of benzene rings is 1. The first-order chi connectivity index (χ1) is 9.84. The molecule has 112 valence electrons. The fourth-order valence-corrected chi connectivity index (χ4v) is 3.02. The van der Waals surface area contributed by atoms with Gasteiger partial charge in [0.1, 0.15) is 6.33 Å². The normalized spacial score (nSPS) is 20.8. The highest BCUT2D eigenvalue weighted by Gasteiger charge is 2.62. The van der Waals surface area contributed by atoms with Crippen LogP contribution in [0.25, 0.3) is 0 Å². The molecule has 0 saturated heterocycles. The third-order valence-electron chi connectivity index (χ3n) is 4.07. The van der Waals surface area contributed by atoms with Crippen LogP contribution in [-0.4, -0.2) is 20.7 Å². The van der Waals surface area contributed by atoms with Crippen LogP contribution < -0.4 is 5.73 Å². The second kappa shape index (κ2) is 4.47. The highest BCUT2D eigenvalue weighted by atomic mass is 19.3. The molecule has 1 unspecified atom stereocenters. The quantitative estimate of drug-likeness (QED) is 0.886. The Morgan fingerprint density at radius 2 is 2.05 bits per heavy atom. The fourth-order valence-electron chi connectivity index (χ4n) is 3.02. The van der Waals surface area contributed by atoms with Gasteiger partial charge in [-0.3, -0.25) is 0 Å². The van der Waals surface area contributed by atoms with Crippen LogP contribution in [-0.2, 0) is 12.5 Å². The molecular formula is C14H15F3N4.